The van der Waals surface area contributed by atoms with Crippen molar-refractivity contribution in [3.63, 3.8) is 0 Å². The molecule has 3 saturated heterocycles. The number of halogens is 2. The van der Waals surface area contributed by atoms with Crippen molar-refractivity contribution in [1.82, 2.24) is 23.7 Å². The fourth-order valence-corrected chi connectivity index (χ4v) is 7.38. The van der Waals surface area contributed by atoms with Gasteiger partial charge in [-0.2, -0.15) is 22.3 Å². The van der Waals surface area contributed by atoms with Crippen LogP contribution < -0.4 is 5.32 Å². The first kappa shape index (κ1) is 31.3. The molecule has 0 aliphatic carbocycles. The smallest absolute Gasteiger partial charge is 0.411 e. The van der Waals surface area contributed by atoms with Gasteiger partial charge in [0.25, 0.3) is 10.2 Å². The van der Waals surface area contributed by atoms with E-state index in [1.165, 1.54) is 14.1 Å². The SMILES string of the molecule is CC(C)(C)OC(=O)N1CCN(S(=O)(=O)N2CC(C#N)C2)C[C@H]1C(=O)N1CCC[C@@H]1C(=O)NCc1cc(Cl)cc(Cl)c1. The van der Waals surface area contributed by atoms with Gasteiger partial charge in [0.2, 0.25) is 11.8 Å². The number of carbonyl (C=O) groups is 3. The summed E-state index contributed by atoms with van der Waals surface area (Å²) >= 11 is 12.1. The van der Waals surface area contributed by atoms with E-state index in [4.69, 9.17) is 33.2 Å². The molecule has 1 aromatic rings. The molecule has 1 aromatic carbocycles. The van der Waals surface area contributed by atoms with E-state index in [2.05, 4.69) is 5.32 Å². The predicted octanol–water partition coefficient (Wildman–Crippen LogP) is 2.22. The van der Waals surface area contributed by atoms with Crippen LogP contribution in [-0.4, -0.2) is 102 Å². The first-order valence-corrected chi connectivity index (χ1v) is 15.5. The van der Waals surface area contributed by atoms with Crippen LogP contribution in [0, 0.1) is 17.2 Å². The monoisotopic (exact) mass is 628 g/mol. The van der Waals surface area contributed by atoms with E-state index in [0.717, 1.165) is 4.31 Å². The molecule has 3 amide bonds. The Morgan fingerprint density at radius 2 is 1.66 bits per heavy atom. The number of rotatable bonds is 6. The van der Waals surface area contributed by atoms with E-state index in [-0.39, 0.29) is 57.6 Å². The topological polar surface area (TPSA) is 143 Å². The minimum atomic E-state index is -3.95. The molecule has 0 saturated carbocycles. The van der Waals surface area contributed by atoms with Crippen LogP contribution in [0.3, 0.4) is 0 Å². The highest BCUT2D eigenvalue weighted by Gasteiger charge is 2.48. The second-order valence-electron chi connectivity index (χ2n) is 11.4. The van der Waals surface area contributed by atoms with E-state index < -0.39 is 39.9 Å². The van der Waals surface area contributed by atoms with Gasteiger partial charge in [-0.25, -0.2) is 4.79 Å². The van der Waals surface area contributed by atoms with Gasteiger partial charge in [-0.05, 0) is 57.4 Å². The highest BCUT2D eigenvalue weighted by atomic mass is 35.5. The van der Waals surface area contributed by atoms with Gasteiger partial charge in [0.15, 0.2) is 0 Å². The second kappa shape index (κ2) is 12.3. The number of likely N-dealkylation sites (tertiary alicyclic amines) is 1. The second-order valence-corrected chi connectivity index (χ2v) is 14.2. The highest BCUT2D eigenvalue weighted by Crippen LogP contribution is 2.27. The Morgan fingerprint density at radius 1 is 1.00 bits per heavy atom. The molecular formula is C26H34Cl2N6O6S. The standard InChI is InChI=1S/C26H34Cl2N6O6S/c1-26(2,3)40-25(37)34-8-7-31(41(38,39)32-14-18(12-29)15-32)16-22(34)24(36)33-6-4-5-21(33)23(35)30-13-17-9-19(27)11-20(28)10-17/h9-11,18,21-22H,4-8,13-16H2,1-3H3,(H,30,35)/t21-,22+/m1/s1. The molecule has 0 unspecified atom stereocenters. The van der Waals surface area contributed by atoms with Crippen molar-refractivity contribution in [2.45, 2.75) is 57.8 Å². The van der Waals surface area contributed by atoms with Crippen molar-refractivity contribution in [1.29, 1.82) is 5.26 Å². The lowest BCUT2D eigenvalue weighted by Crippen LogP contribution is -2.65. The molecule has 1 N–H and O–H groups in total. The summed E-state index contributed by atoms with van der Waals surface area (Å²) in [4.78, 5) is 42.9. The van der Waals surface area contributed by atoms with Gasteiger partial charge in [0.05, 0.1) is 12.0 Å². The zero-order valence-corrected chi connectivity index (χ0v) is 25.5. The number of piperazine rings is 1. The minimum absolute atomic E-state index is 0.0365. The lowest BCUT2D eigenvalue weighted by atomic mass is 10.1. The summed E-state index contributed by atoms with van der Waals surface area (Å²) < 4.78 is 34.4. The quantitative estimate of drug-likeness (QED) is 0.509. The largest absolute Gasteiger partial charge is 0.444 e. The molecule has 2 atom stereocenters. The van der Waals surface area contributed by atoms with Crippen molar-refractivity contribution < 1.29 is 27.5 Å². The Bertz CT molecular complexity index is 1320. The molecule has 0 spiro atoms. The lowest BCUT2D eigenvalue weighted by Gasteiger charge is -2.44. The number of nitrogens with zero attached hydrogens (tertiary/aromatic N) is 5. The molecule has 0 radical (unpaired) electrons. The highest BCUT2D eigenvalue weighted by molar-refractivity contribution is 7.86. The summed E-state index contributed by atoms with van der Waals surface area (Å²) in [5, 5.41) is 12.8. The first-order valence-electron chi connectivity index (χ1n) is 13.4. The zero-order valence-electron chi connectivity index (χ0n) is 23.2. The number of nitrogens with one attached hydrogen (secondary N) is 1. The van der Waals surface area contributed by atoms with Crippen LogP contribution in [0.2, 0.25) is 10.0 Å². The van der Waals surface area contributed by atoms with Crippen LogP contribution >= 0.6 is 23.2 Å². The van der Waals surface area contributed by atoms with Gasteiger partial charge in [-0.15, -0.1) is 0 Å². The molecule has 41 heavy (non-hydrogen) atoms. The van der Waals surface area contributed by atoms with Crippen LogP contribution in [0.5, 0.6) is 0 Å². The van der Waals surface area contributed by atoms with Gasteiger partial charge in [0, 0.05) is 55.9 Å². The zero-order chi connectivity index (χ0) is 30.1. The summed E-state index contributed by atoms with van der Waals surface area (Å²) in [6.07, 6.45) is 0.245. The van der Waals surface area contributed by atoms with E-state index in [9.17, 15) is 22.8 Å². The summed E-state index contributed by atoms with van der Waals surface area (Å²) in [7, 11) is -3.95. The van der Waals surface area contributed by atoms with Gasteiger partial charge in [-0.3, -0.25) is 14.5 Å². The number of benzene rings is 1. The Morgan fingerprint density at radius 3 is 2.27 bits per heavy atom. The molecule has 3 aliphatic rings. The average molecular weight is 630 g/mol. The maximum Gasteiger partial charge on any atom is 0.411 e. The number of nitriles is 1. The summed E-state index contributed by atoms with van der Waals surface area (Å²) in [6.45, 7) is 5.29. The molecule has 15 heteroatoms. The van der Waals surface area contributed by atoms with E-state index >= 15 is 0 Å². The third-order valence-corrected chi connectivity index (χ3v) is 9.54. The third kappa shape index (κ3) is 7.24. The van der Waals surface area contributed by atoms with E-state index in [0.29, 0.717) is 28.5 Å². The summed E-state index contributed by atoms with van der Waals surface area (Å²) in [5.74, 6) is -1.28. The molecule has 12 nitrogen and oxygen atoms in total. The minimum Gasteiger partial charge on any atom is -0.444 e. The molecule has 3 aliphatic heterocycles. The molecular weight excluding hydrogens is 595 g/mol. The predicted molar refractivity (Wildman–Crippen MR) is 151 cm³/mol. The number of carbonyl (C=O) groups excluding carboxylic acids is 3. The van der Waals surface area contributed by atoms with Gasteiger partial charge >= 0.3 is 6.09 Å². The first-order chi connectivity index (χ1) is 19.2. The summed E-state index contributed by atoms with van der Waals surface area (Å²) in [6, 6.07) is 5.00. The maximum absolute atomic E-state index is 14.0. The third-order valence-electron chi connectivity index (χ3n) is 7.17. The number of hydrogen-bond donors (Lipinski definition) is 1. The fraction of sp³-hybridized carbons (Fsp3) is 0.615. The van der Waals surface area contributed by atoms with Gasteiger partial charge < -0.3 is 15.0 Å². The van der Waals surface area contributed by atoms with Gasteiger partial charge in [-0.1, -0.05) is 23.2 Å². The number of ether oxygens (including phenoxy) is 1. The fourth-order valence-electron chi connectivity index (χ4n) is 5.10. The van der Waals surface area contributed by atoms with E-state index in [1.54, 1.807) is 39.0 Å². The van der Waals surface area contributed by atoms with Crippen molar-refractivity contribution in [3.05, 3.63) is 33.8 Å². The molecule has 4 rings (SSSR count). The Kier molecular flexibility index (Phi) is 9.40. The normalized spacial score (nSPS) is 22.6. The molecule has 3 fully saturated rings. The van der Waals surface area contributed by atoms with Crippen LogP contribution in [0.15, 0.2) is 18.2 Å². The van der Waals surface area contributed by atoms with Crippen LogP contribution in [0.4, 0.5) is 4.79 Å². The Labute approximate surface area is 250 Å². The van der Waals surface area contributed by atoms with Crippen LogP contribution in [0.25, 0.3) is 0 Å². The van der Waals surface area contributed by atoms with Crippen molar-refractivity contribution in [2.75, 3.05) is 39.3 Å². The van der Waals surface area contributed by atoms with Crippen LogP contribution in [0.1, 0.15) is 39.2 Å². The van der Waals surface area contributed by atoms with Gasteiger partial charge in [0.1, 0.15) is 17.7 Å². The molecule has 0 aromatic heterocycles. The van der Waals surface area contributed by atoms with Crippen molar-refractivity contribution >= 4 is 51.3 Å². The van der Waals surface area contributed by atoms with Crippen molar-refractivity contribution in [3.8, 4) is 6.07 Å². The number of hydrogen-bond acceptors (Lipinski definition) is 7. The molecule has 224 valence electrons. The lowest BCUT2D eigenvalue weighted by molar-refractivity contribution is -0.143. The maximum atomic E-state index is 14.0. The van der Waals surface area contributed by atoms with E-state index in [1.807, 2.05) is 6.07 Å². The average Bonchev–Trinajstić information content (AvgIpc) is 3.34. The molecule has 3 heterocycles. The Hall–Kier alpha value is -2.63. The molecule has 0 bridgehead atoms. The summed E-state index contributed by atoms with van der Waals surface area (Å²) in [5.41, 5.74) is -0.141. The Balaban J connectivity index is 1.51. The number of amides is 3. The van der Waals surface area contributed by atoms with Crippen LogP contribution in [-0.2, 0) is 31.1 Å². The van der Waals surface area contributed by atoms with Crippen molar-refractivity contribution in [2.24, 2.45) is 5.92 Å².